The monoisotopic (exact) mass is 270 g/mol. The average molecular weight is 271 g/mol. The number of aromatic nitrogens is 2. The molecule has 0 spiro atoms. The SMILES string of the molecule is CC(C)c1c(Cl)ncnc1NC(C(N)=O)C(C)C. The molecule has 100 valence electrons. The van der Waals surface area contributed by atoms with Gasteiger partial charge in [0.1, 0.15) is 23.3 Å². The highest BCUT2D eigenvalue weighted by Crippen LogP contribution is 2.28. The van der Waals surface area contributed by atoms with Gasteiger partial charge in [-0.1, -0.05) is 39.3 Å². The van der Waals surface area contributed by atoms with Gasteiger partial charge < -0.3 is 11.1 Å². The van der Waals surface area contributed by atoms with E-state index < -0.39 is 11.9 Å². The number of nitrogens with two attached hydrogens (primary N) is 1. The van der Waals surface area contributed by atoms with Gasteiger partial charge in [-0.25, -0.2) is 9.97 Å². The number of primary amides is 1. The molecule has 0 aliphatic heterocycles. The van der Waals surface area contributed by atoms with Crippen molar-refractivity contribution in [2.75, 3.05) is 5.32 Å². The Bertz CT molecular complexity index is 434. The summed E-state index contributed by atoms with van der Waals surface area (Å²) in [6, 6.07) is -0.478. The summed E-state index contributed by atoms with van der Waals surface area (Å²) in [6.07, 6.45) is 1.37. The van der Waals surface area contributed by atoms with Gasteiger partial charge in [0.15, 0.2) is 0 Å². The van der Waals surface area contributed by atoms with Gasteiger partial charge in [0.05, 0.1) is 0 Å². The second-order valence-corrected chi connectivity index (χ2v) is 5.21. The van der Waals surface area contributed by atoms with Crippen LogP contribution in [0.15, 0.2) is 6.33 Å². The minimum atomic E-state index is -0.478. The Morgan fingerprint density at radius 2 is 1.94 bits per heavy atom. The maximum absolute atomic E-state index is 11.4. The first-order valence-corrected chi connectivity index (χ1v) is 6.28. The fourth-order valence-corrected chi connectivity index (χ4v) is 2.07. The van der Waals surface area contributed by atoms with Crippen molar-refractivity contribution < 1.29 is 4.79 Å². The van der Waals surface area contributed by atoms with E-state index in [9.17, 15) is 4.79 Å². The van der Waals surface area contributed by atoms with Crippen molar-refractivity contribution in [1.29, 1.82) is 0 Å². The van der Waals surface area contributed by atoms with E-state index in [1.807, 2.05) is 27.7 Å². The molecule has 1 unspecified atom stereocenters. The molecule has 1 rings (SSSR count). The standard InChI is InChI=1S/C12H19ClN4O/c1-6(2)8-10(13)15-5-16-12(8)17-9(7(3)4)11(14)18/h5-7,9H,1-4H3,(H2,14,18)(H,15,16,17). The number of halogens is 1. The molecule has 1 atom stereocenters. The smallest absolute Gasteiger partial charge is 0.240 e. The maximum Gasteiger partial charge on any atom is 0.240 e. The fourth-order valence-electron chi connectivity index (χ4n) is 1.71. The molecular weight excluding hydrogens is 252 g/mol. The lowest BCUT2D eigenvalue weighted by Gasteiger charge is -2.22. The molecule has 5 nitrogen and oxygen atoms in total. The molecule has 0 saturated heterocycles. The molecule has 1 amide bonds. The topological polar surface area (TPSA) is 80.9 Å². The number of hydrogen-bond acceptors (Lipinski definition) is 4. The first kappa shape index (κ1) is 14.7. The van der Waals surface area contributed by atoms with Crippen LogP contribution in [-0.2, 0) is 4.79 Å². The third kappa shape index (κ3) is 3.32. The zero-order chi connectivity index (χ0) is 13.9. The Hall–Kier alpha value is -1.36. The van der Waals surface area contributed by atoms with Gasteiger partial charge in [0, 0.05) is 5.56 Å². The van der Waals surface area contributed by atoms with E-state index in [0.29, 0.717) is 11.0 Å². The van der Waals surface area contributed by atoms with Crippen LogP contribution in [0.5, 0.6) is 0 Å². The van der Waals surface area contributed by atoms with Gasteiger partial charge in [0.25, 0.3) is 0 Å². The summed E-state index contributed by atoms with van der Waals surface area (Å²) in [5.41, 5.74) is 6.17. The van der Waals surface area contributed by atoms with Gasteiger partial charge in [-0.05, 0) is 11.8 Å². The lowest BCUT2D eigenvalue weighted by atomic mass is 10.0. The van der Waals surface area contributed by atoms with Gasteiger partial charge in [-0.15, -0.1) is 0 Å². The summed E-state index contributed by atoms with van der Waals surface area (Å²) in [4.78, 5) is 19.5. The number of amides is 1. The predicted octanol–water partition coefficient (Wildman–Crippen LogP) is 2.18. The molecule has 18 heavy (non-hydrogen) atoms. The van der Waals surface area contributed by atoms with Crippen LogP contribution in [0, 0.1) is 5.92 Å². The Labute approximate surface area is 112 Å². The summed E-state index contributed by atoms with van der Waals surface area (Å²) >= 11 is 6.06. The zero-order valence-electron chi connectivity index (χ0n) is 11.1. The number of carbonyl (C=O) groups excluding carboxylic acids is 1. The maximum atomic E-state index is 11.4. The van der Waals surface area contributed by atoms with Crippen molar-refractivity contribution in [2.24, 2.45) is 11.7 Å². The molecule has 3 N–H and O–H groups in total. The normalized spacial score (nSPS) is 12.8. The highest BCUT2D eigenvalue weighted by atomic mass is 35.5. The molecule has 0 fully saturated rings. The minimum absolute atomic E-state index is 0.0660. The van der Waals surface area contributed by atoms with Crippen molar-refractivity contribution >= 4 is 23.3 Å². The average Bonchev–Trinajstić information content (AvgIpc) is 2.24. The van der Waals surface area contributed by atoms with Crippen LogP contribution in [0.1, 0.15) is 39.2 Å². The zero-order valence-corrected chi connectivity index (χ0v) is 11.8. The number of hydrogen-bond donors (Lipinski definition) is 2. The van der Waals surface area contributed by atoms with Crippen molar-refractivity contribution in [1.82, 2.24) is 9.97 Å². The third-order valence-electron chi connectivity index (χ3n) is 2.68. The molecule has 0 aliphatic rings. The number of carbonyl (C=O) groups is 1. The molecule has 0 bridgehead atoms. The summed E-state index contributed by atoms with van der Waals surface area (Å²) in [6.45, 7) is 7.81. The third-order valence-corrected chi connectivity index (χ3v) is 2.98. The van der Waals surface area contributed by atoms with Crippen molar-refractivity contribution in [2.45, 2.75) is 39.7 Å². The summed E-state index contributed by atoms with van der Waals surface area (Å²) in [7, 11) is 0. The highest BCUT2D eigenvalue weighted by Gasteiger charge is 2.22. The molecule has 0 aliphatic carbocycles. The van der Waals surface area contributed by atoms with E-state index in [-0.39, 0.29) is 11.8 Å². The van der Waals surface area contributed by atoms with E-state index in [0.717, 1.165) is 5.56 Å². The van der Waals surface area contributed by atoms with Crippen molar-refractivity contribution in [3.8, 4) is 0 Å². The van der Waals surface area contributed by atoms with Gasteiger partial charge in [-0.2, -0.15) is 0 Å². The number of nitrogens with zero attached hydrogens (tertiary/aromatic N) is 2. The predicted molar refractivity (Wildman–Crippen MR) is 72.6 cm³/mol. The van der Waals surface area contributed by atoms with Crippen LogP contribution >= 0.6 is 11.6 Å². The molecule has 0 radical (unpaired) electrons. The first-order chi connectivity index (χ1) is 8.34. The Morgan fingerprint density at radius 1 is 1.33 bits per heavy atom. The molecule has 6 heteroatoms. The Kier molecular flexibility index (Phi) is 4.90. The van der Waals surface area contributed by atoms with E-state index in [2.05, 4.69) is 15.3 Å². The van der Waals surface area contributed by atoms with Crippen LogP contribution in [-0.4, -0.2) is 21.9 Å². The van der Waals surface area contributed by atoms with Crippen molar-refractivity contribution in [3.05, 3.63) is 17.0 Å². The van der Waals surface area contributed by atoms with Gasteiger partial charge >= 0.3 is 0 Å². The second-order valence-electron chi connectivity index (χ2n) is 4.85. The molecule has 1 aromatic rings. The first-order valence-electron chi connectivity index (χ1n) is 5.90. The van der Waals surface area contributed by atoms with E-state index >= 15 is 0 Å². The second kappa shape index (κ2) is 6.00. The molecule has 0 aromatic carbocycles. The Balaban J connectivity index is 3.10. The quantitative estimate of drug-likeness (QED) is 0.804. The molecule has 1 aromatic heterocycles. The van der Waals surface area contributed by atoms with E-state index in [1.54, 1.807) is 0 Å². The van der Waals surface area contributed by atoms with E-state index in [4.69, 9.17) is 17.3 Å². The molecule has 1 heterocycles. The molecule has 0 saturated carbocycles. The van der Waals surface area contributed by atoms with Crippen LogP contribution in [0.3, 0.4) is 0 Å². The van der Waals surface area contributed by atoms with Crippen LogP contribution < -0.4 is 11.1 Å². The van der Waals surface area contributed by atoms with Crippen molar-refractivity contribution in [3.63, 3.8) is 0 Å². The van der Waals surface area contributed by atoms with Crippen LogP contribution in [0.4, 0.5) is 5.82 Å². The summed E-state index contributed by atoms with van der Waals surface area (Å²) < 4.78 is 0. The minimum Gasteiger partial charge on any atom is -0.368 e. The van der Waals surface area contributed by atoms with E-state index in [1.165, 1.54) is 6.33 Å². The number of nitrogens with one attached hydrogen (secondary N) is 1. The lowest BCUT2D eigenvalue weighted by molar-refractivity contribution is -0.119. The number of rotatable bonds is 5. The number of anilines is 1. The fraction of sp³-hybridized carbons (Fsp3) is 0.583. The summed E-state index contributed by atoms with van der Waals surface area (Å²) in [5.74, 6) is 0.384. The summed E-state index contributed by atoms with van der Waals surface area (Å²) in [5, 5.41) is 3.46. The largest absolute Gasteiger partial charge is 0.368 e. The van der Waals surface area contributed by atoms with Crippen LogP contribution in [0.2, 0.25) is 5.15 Å². The highest BCUT2D eigenvalue weighted by molar-refractivity contribution is 6.30. The molecular formula is C12H19ClN4O. The Morgan fingerprint density at radius 3 is 2.39 bits per heavy atom. The van der Waals surface area contributed by atoms with Crippen LogP contribution in [0.25, 0.3) is 0 Å². The van der Waals surface area contributed by atoms with Gasteiger partial charge in [0.2, 0.25) is 5.91 Å². The van der Waals surface area contributed by atoms with Gasteiger partial charge in [-0.3, -0.25) is 4.79 Å². The lowest BCUT2D eigenvalue weighted by Crippen LogP contribution is -2.40.